The molecule has 202 valence electrons. The first-order valence-electron chi connectivity index (χ1n) is 13.2. The Hall–Kier alpha value is -2.78. The molecule has 0 aromatic heterocycles. The van der Waals surface area contributed by atoms with E-state index in [0.717, 1.165) is 35.2 Å². The quantitative estimate of drug-likeness (QED) is 0.341. The van der Waals surface area contributed by atoms with Crippen LogP contribution in [0.2, 0.25) is 0 Å². The van der Waals surface area contributed by atoms with E-state index in [1.165, 1.54) is 0 Å². The van der Waals surface area contributed by atoms with Crippen molar-refractivity contribution in [2.24, 2.45) is 0 Å². The summed E-state index contributed by atoms with van der Waals surface area (Å²) in [6.45, 7) is 7.05. The molecule has 1 aromatic carbocycles. The average molecular weight is 513 g/mol. The molecule has 1 aromatic rings. The van der Waals surface area contributed by atoms with Gasteiger partial charge in [-0.1, -0.05) is 42.5 Å². The summed E-state index contributed by atoms with van der Waals surface area (Å²) in [7, 11) is 0. The molecule has 0 fully saturated rings. The van der Waals surface area contributed by atoms with Gasteiger partial charge in [0.2, 0.25) is 11.8 Å². The van der Waals surface area contributed by atoms with E-state index >= 15 is 0 Å². The Morgan fingerprint density at radius 2 is 1.57 bits per heavy atom. The van der Waals surface area contributed by atoms with E-state index < -0.39 is 0 Å². The number of ether oxygens (including phenoxy) is 4. The summed E-state index contributed by atoms with van der Waals surface area (Å²) in [5.74, 6) is -0.201. The molecule has 1 aliphatic carbocycles. The Morgan fingerprint density at radius 1 is 0.865 bits per heavy atom. The molecule has 3 rings (SSSR count). The molecule has 1 N–H and O–H groups in total. The number of amides is 2. The van der Waals surface area contributed by atoms with Crippen LogP contribution in [0.5, 0.6) is 0 Å². The maximum absolute atomic E-state index is 13.2. The molecule has 0 spiro atoms. The van der Waals surface area contributed by atoms with Gasteiger partial charge in [-0.25, -0.2) is 0 Å². The van der Waals surface area contributed by atoms with Gasteiger partial charge in [-0.3, -0.25) is 9.59 Å². The van der Waals surface area contributed by atoms with E-state index in [-0.39, 0.29) is 24.7 Å². The lowest BCUT2D eigenvalue weighted by Crippen LogP contribution is -2.33. The highest BCUT2D eigenvalue weighted by atomic mass is 16.6. The summed E-state index contributed by atoms with van der Waals surface area (Å²) in [4.78, 5) is 27.4. The van der Waals surface area contributed by atoms with Gasteiger partial charge >= 0.3 is 0 Å². The molecule has 1 heterocycles. The Morgan fingerprint density at radius 3 is 2.32 bits per heavy atom. The maximum atomic E-state index is 13.2. The first-order valence-corrected chi connectivity index (χ1v) is 13.2. The number of nitrogens with one attached hydrogen (secondary N) is 1. The van der Waals surface area contributed by atoms with Gasteiger partial charge in [0.15, 0.2) is 0 Å². The largest absolute Gasteiger partial charge is 0.379 e. The van der Waals surface area contributed by atoms with Gasteiger partial charge in [-0.15, -0.1) is 0 Å². The molecular formula is C29H40N2O6. The Balaban J connectivity index is 1.32. The summed E-state index contributed by atoms with van der Waals surface area (Å²) >= 11 is 0. The van der Waals surface area contributed by atoms with Crippen molar-refractivity contribution in [1.29, 1.82) is 0 Å². The second-order valence-electron chi connectivity index (χ2n) is 8.75. The lowest BCUT2D eigenvalue weighted by Gasteiger charge is -2.29. The van der Waals surface area contributed by atoms with E-state index in [0.29, 0.717) is 65.9 Å². The summed E-state index contributed by atoms with van der Waals surface area (Å²) in [5.41, 5.74) is 4.31. The average Bonchev–Trinajstić information content (AvgIpc) is 2.91. The van der Waals surface area contributed by atoms with Crippen LogP contribution in [0.4, 0.5) is 0 Å². The van der Waals surface area contributed by atoms with Crippen LogP contribution in [0, 0.1) is 0 Å². The smallest absolute Gasteiger partial charge is 0.227 e. The van der Waals surface area contributed by atoms with Crippen LogP contribution >= 0.6 is 0 Å². The number of hydrogen-bond donors (Lipinski definition) is 1. The van der Waals surface area contributed by atoms with Crippen LogP contribution in [0.3, 0.4) is 0 Å². The third-order valence-electron chi connectivity index (χ3n) is 6.08. The van der Waals surface area contributed by atoms with Crippen molar-refractivity contribution >= 4 is 17.9 Å². The number of carbonyl (C=O) groups is 2. The zero-order chi connectivity index (χ0) is 26.1. The Kier molecular flexibility index (Phi) is 13.1. The van der Waals surface area contributed by atoms with Crippen molar-refractivity contribution in [3.8, 4) is 0 Å². The Labute approximate surface area is 220 Å². The first-order chi connectivity index (χ1) is 18.2. The third kappa shape index (κ3) is 10.2. The van der Waals surface area contributed by atoms with Crippen molar-refractivity contribution < 1.29 is 28.5 Å². The number of nitrogens with zero attached hydrogens (tertiary/aromatic N) is 1. The summed E-state index contributed by atoms with van der Waals surface area (Å²) < 4.78 is 21.5. The molecule has 37 heavy (non-hydrogen) atoms. The van der Waals surface area contributed by atoms with Crippen LogP contribution in [-0.4, -0.2) is 76.1 Å². The number of benzene rings is 1. The van der Waals surface area contributed by atoms with Gasteiger partial charge in [0.25, 0.3) is 0 Å². The predicted molar refractivity (Wildman–Crippen MR) is 143 cm³/mol. The highest BCUT2D eigenvalue weighted by Gasteiger charge is 2.23. The van der Waals surface area contributed by atoms with Gasteiger partial charge in [0, 0.05) is 31.7 Å². The molecule has 0 bridgehead atoms. The second kappa shape index (κ2) is 16.9. The first kappa shape index (κ1) is 28.8. The third-order valence-corrected chi connectivity index (χ3v) is 6.08. The molecule has 0 radical (unpaired) electrons. The van der Waals surface area contributed by atoms with Crippen LogP contribution in [-0.2, 0) is 35.1 Å². The monoisotopic (exact) mass is 512 g/mol. The van der Waals surface area contributed by atoms with Gasteiger partial charge in [0.05, 0.1) is 52.8 Å². The Bertz CT molecular complexity index is 955. The van der Waals surface area contributed by atoms with Gasteiger partial charge in [-0.2, -0.15) is 0 Å². The molecule has 0 unspecified atom stereocenters. The van der Waals surface area contributed by atoms with Crippen molar-refractivity contribution in [2.45, 2.75) is 39.2 Å². The van der Waals surface area contributed by atoms with Crippen LogP contribution < -0.4 is 5.32 Å². The highest BCUT2D eigenvalue weighted by Crippen LogP contribution is 2.29. The van der Waals surface area contributed by atoms with Crippen molar-refractivity contribution in [2.75, 3.05) is 59.4 Å². The summed E-state index contributed by atoms with van der Waals surface area (Å²) in [6, 6.07) is 8.12. The number of hydrogen-bond acceptors (Lipinski definition) is 6. The minimum Gasteiger partial charge on any atom is -0.379 e. The molecule has 8 heteroatoms. The van der Waals surface area contributed by atoms with Crippen LogP contribution in [0.1, 0.15) is 43.7 Å². The molecule has 2 aliphatic rings. The predicted octanol–water partition coefficient (Wildman–Crippen LogP) is 3.63. The minimum atomic E-state index is -0.155. The number of fused-ring (bicyclic) bond motifs is 1. The molecule has 8 nitrogen and oxygen atoms in total. The van der Waals surface area contributed by atoms with Crippen LogP contribution in [0.25, 0.3) is 6.08 Å². The molecule has 0 saturated heterocycles. The number of rotatable bonds is 16. The molecule has 2 amide bonds. The van der Waals surface area contributed by atoms with E-state index in [9.17, 15) is 9.59 Å². The molecule has 0 saturated carbocycles. The van der Waals surface area contributed by atoms with E-state index in [1.54, 1.807) is 0 Å². The van der Waals surface area contributed by atoms with Crippen molar-refractivity contribution in [3.63, 3.8) is 0 Å². The van der Waals surface area contributed by atoms with Crippen molar-refractivity contribution in [1.82, 2.24) is 10.2 Å². The van der Waals surface area contributed by atoms with Crippen LogP contribution in [0.15, 0.2) is 53.8 Å². The number of allylic oxidation sites excluding steroid dienone is 4. The topological polar surface area (TPSA) is 86.3 Å². The standard InChI is InChI=1S/C29H40N2O6/c1-2-34-17-18-36-21-22-37-20-19-35-16-15-30-28(32)13-14-29(33)31-23-26-9-4-3-7-24(26)11-12-25-8-5-6-10-27(25)31/h3-4,6-7,9-12H,2,5,8,13-23H2,1H3,(H,30,32)/b12-11-. The number of carbonyl (C=O) groups excluding carboxylic acids is 2. The van der Waals surface area contributed by atoms with Crippen molar-refractivity contribution in [3.05, 3.63) is 64.9 Å². The van der Waals surface area contributed by atoms with E-state index in [1.807, 2.05) is 36.1 Å². The lowest BCUT2D eigenvalue weighted by molar-refractivity contribution is -0.132. The summed E-state index contributed by atoms with van der Waals surface area (Å²) in [6.07, 6.45) is 10.6. The van der Waals surface area contributed by atoms with E-state index in [2.05, 4.69) is 29.6 Å². The van der Waals surface area contributed by atoms with Gasteiger partial charge < -0.3 is 29.2 Å². The fraction of sp³-hybridized carbons (Fsp3) is 0.517. The zero-order valence-corrected chi connectivity index (χ0v) is 21.9. The molecule has 1 aliphatic heterocycles. The van der Waals surface area contributed by atoms with Gasteiger partial charge in [0.1, 0.15) is 0 Å². The van der Waals surface area contributed by atoms with E-state index in [4.69, 9.17) is 18.9 Å². The van der Waals surface area contributed by atoms with Gasteiger partial charge in [-0.05, 0) is 42.5 Å². The maximum Gasteiger partial charge on any atom is 0.227 e. The molecular weight excluding hydrogens is 472 g/mol. The summed E-state index contributed by atoms with van der Waals surface area (Å²) in [5, 5.41) is 2.83. The fourth-order valence-corrected chi connectivity index (χ4v) is 4.12. The SMILES string of the molecule is CCOCCOCCOCCOCCNC(=O)CCC(=O)N1Cc2ccccc2/C=C\C2=C1C=CCC2. The zero-order valence-electron chi connectivity index (χ0n) is 21.9. The molecule has 0 atom stereocenters. The highest BCUT2D eigenvalue weighted by molar-refractivity contribution is 5.85. The lowest BCUT2D eigenvalue weighted by atomic mass is 9.95. The second-order valence-corrected chi connectivity index (χ2v) is 8.75. The normalized spacial score (nSPS) is 15.5. The fourth-order valence-electron chi connectivity index (χ4n) is 4.12. The minimum absolute atomic E-state index is 0.0467.